The molecule has 0 fully saturated rings. The fraction of sp³-hybridized carbons (Fsp3) is 0.250. The summed E-state index contributed by atoms with van der Waals surface area (Å²) in [5.41, 5.74) is 1.97. The third-order valence-electron chi connectivity index (χ3n) is 3.02. The summed E-state index contributed by atoms with van der Waals surface area (Å²) >= 11 is 0. The fourth-order valence-corrected chi connectivity index (χ4v) is 1.91. The Morgan fingerprint density at radius 3 is 2.70 bits per heavy atom. The Kier molecular flexibility index (Phi) is 4.71. The van der Waals surface area contributed by atoms with E-state index in [0.29, 0.717) is 19.4 Å². The highest BCUT2D eigenvalue weighted by Crippen LogP contribution is 2.14. The first-order chi connectivity index (χ1) is 9.72. The molecular weight excluding hydrogens is 252 g/mol. The number of allylic oxidation sites excluding steroid dienone is 1. The lowest BCUT2D eigenvalue weighted by Gasteiger charge is -2.20. The number of carbonyl (C=O) groups is 1. The summed E-state index contributed by atoms with van der Waals surface area (Å²) < 4.78 is 5.12. The van der Waals surface area contributed by atoms with Crippen LogP contribution in [-0.4, -0.2) is 30.3 Å². The van der Waals surface area contributed by atoms with Crippen LogP contribution in [0.15, 0.2) is 48.1 Å². The number of hydrogen-bond acceptors (Lipinski definition) is 3. The van der Waals surface area contributed by atoms with Gasteiger partial charge in [0.1, 0.15) is 5.75 Å². The predicted molar refractivity (Wildman–Crippen MR) is 80.6 cm³/mol. The number of methoxy groups -OCH3 is 1. The first-order valence-corrected chi connectivity index (χ1v) is 6.54. The lowest BCUT2D eigenvalue weighted by Crippen LogP contribution is -2.31. The van der Waals surface area contributed by atoms with Gasteiger partial charge in [-0.2, -0.15) is 5.10 Å². The predicted octanol–water partition coefficient (Wildman–Crippen LogP) is 2.87. The smallest absolute Gasteiger partial charge is 0.243 e. The molecule has 1 aromatic rings. The minimum atomic E-state index is 0.0477. The number of hydrazone groups is 1. The minimum absolute atomic E-state index is 0.0477. The molecular formula is C16H18N2O2. The van der Waals surface area contributed by atoms with Crippen molar-refractivity contribution in [2.24, 2.45) is 5.10 Å². The van der Waals surface area contributed by atoms with Crippen molar-refractivity contribution in [1.29, 1.82) is 0 Å². The Labute approximate surface area is 119 Å². The molecule has 1 aromatic carbocycles. The lowest BCUT2D eigenvalue weighted by atomic mass is 10.1. The van der Waals surface area contributed by atoms with Crippen LogP contribution in [0.2, 0.25) is 0 Å². The summed E-state index contributed by atoms with van der Waals surface area (Å²) in [6.45, 7) is 4.09. The van der Waals surface area contributed by atoms with E-state index in [4.69, 9.17) is 4.74 Å². The summed E-state index contributed by atoms with van der Waals surface area (Å²) in [4.78, 5) is 11.6. The van der Waals surface area contributed by atoms with E-state index < -0.39 is 0 Å². The van der Waals surface area contributed by atoms with Crippen molar-refractivity contribution < 1.29 is 9.53 Å². The zero-order valence-corrected chi connectivity index (χ0v) is 11.6. The second-order valence-electron chi connectivity index (χ2n) is 4.46. The maximum absolute atomic E-state index is 11.6. The maximum atomic E-state index is 11.6. The number of carbonyl (C=O) groups excluding carboxylic acids is 1. The van der Waals surface area contributed by atoms with Crippen molar-refractivity contribution >= 4 is 17.7 Å². The SMILES string of the molecule is C=CCN1N=C(C=Cc2ccc(OC)cc2)CCC1=O. The van der Waals surface area contributed by atoms with Crippen LogP contribution in [0.25, 0.3) is 6.08 Å². The van der Waals surface area contributed by atoms with E-state index in [2.05, 4.69) is 11.7 Å². The Morgan fingerprint density at radius 1 is 1.30 bits per heavy atom. The summed E-state index contributed by atoms with van der Waals surface area (Å²) in [6.07, 6.45) is 6.79. The average molecular weight is 270 g/mol. The average Bonchev–Trinajstić information content (AvgIpc) is 2.49. The Morgan fingerprint density at radius 2 is 2.05 bits per heavy atom. The number of rotatable bonds is 5. The van der Waals surface area contributed by atoms with E-state index >= 15 is 0 Å². The molecule has 0 saturated carbocycles. The van der Waals surface area contributed by atoms with Gasteiger partial charge in [-0.25, -0.2) is 5.01 Å². The van der Waals surface area contributed by atoms with Crippen LogP contribution >= 0.6 is 0 Å². The van der Waals surface area contributed by atoms with Crippen molar-refractivity contribution in [3.05, 3.63) is 48.6 Å². The van der Waals surface area contributed by atoms with Gasteiger partial charge < -0.3 is 4.74 Å². The quantitative estimate of drug-likeness (QED) is 0.772. The molecule has 0 aliphatic carbocycles. The molecule has 0 unspecified atom stereocenters. The molecule has 1 heterocycles. The first-order valence-electron chi connectivity index (χ1n) is 6.54. The Balaban J connectivity index is 2.07. The number of ether oxygens (including phenoxy) is 1. The zero-order chi connectivity index (χ0) is 14.4. The van der Waals surface area contributed by atoms with Gasteiger partial charge in [0.25, 0.3) is 0 Å². The summed E-state index contributed by atoms with van der Waals surface area (Å²) in [7, 11) is 1.65. The van der Waals surface area contributed by atoms with Crippen LogP contribution in [0.5, 0.6) is 5.75 Å². The molecule has 0 aromatic heterocycles. The van der Waals surface area contributed by atoms with Crippen molar-refractivity contribution in [2.45, 2.75) is 12.8 Å². The largest absolute Gasteiger partial charge is 0.497 e. The van der Waals surface area contributed by atoms with Gasteiger partial charge in [-0.3, -0.25) is 4.79 Å². The minimum Gasteiger partial charge on any atom is -0.497 e. The van der Waals surface area contributed by atoms with Crippen LogP contribution in [0.4, 0.5) is 0 Å². The molecule has 0 saturated heterocycles. The van der Waals surface area contributed by atoms with Gasteiger partial charge in [0.15, 0.2) is 0 Å². The normalized spacial score (nSPS) is 15.3. The zero-order valence-electron chi connectivity index (χ0n) is 11.6. The standard InChI is InChI=1S/C16H18N2O2/c1-3-12-18-16(19)11-8-14(17-18)7-4-13-5-9-15(20-2)10-6-13/h3-7,9-10H,1,8,11-12H2,2H3. The van der Waals surface area contributed by atoms with Gasteiger partial charge in [0.05, 0.1) is 19.4 Å². The van der Waals surface area contributed by atoms with Gasteiger partial charge in [0, 0.05) is 12.8 Å². The lowest BCUT2D eigenvalue weighted by molar-refractivity contribution is -0.131. The van der Waals surface area contributed by atoms with E-state index in [1.807, 2.05) is 36.4 Å². The van der Waals surface area contributed by atoms with Gasteiger partial charge in [0.2, 0.25) is 5.91 Å². The van der Waals surface area contributed by atoms with Gasteiger partial charge in [-0.15, -0.1) is 6.58 Å². The van der Waals surface area contributed by atoms with Crippen LogP contribution in [0.1, 0.15) is 18.4 Å². The molecule has 20 heavy (non-hydrogen) atoms. The molecule has 1 aliphatic heterocycles. The monoisotopic (exact) mass is 270 g/mol. The van der Waals surface area contributed by atoms with Crippen molar-refractivity contribution in [2.75, 3.05) is 13.7 Å². The molecule has 0 N–H and O–H groups in total. The van der Waals surface area contributed by atoms with Gasteiger partial charge >= 0.3 is 0 Å². The van der Waals surface area contributed by atoms with E-state index in [0.717, 1.165) is 17.0 Å². The molecule has 1 aliphatic rings. The molecule has 0 bridgehead atoms. The second-order valence-corrected chi connectivity index (χ2v) is 4.46. The fourth-order valence-electron chi connectivity index (χ4n) is 1.91. The van der Waals surface area contributed by atoms with Crippen LogP contribution in [0, 0.1) is 0 Å². The second kappa shape index (κ2) is 6.70. The van der Waals surface area contributed by atoms with E-state index in [9.17, 15) is 4.79 Å². The third kappa shape index (κ3) is 3.57. The topological polar surface area (TPSA) is 41.9 Å². The van der Waals surface area contributed by atoms with Gasteiger partial charge in [-0.05, 0) is 23.8 Å². The van der Waals surface area contributed by atoms with Crippen molar-refractivity contribution in [1.82, 2.24) is 5.01 Å². The molecule has 0 atom stereocenters. The summed E-state index contributed by atoms with van der Waals surface area (Å²) in [6, 6.07) is 7.78. The molecule has 0 radical (unpaired) electrons. The number of nitrogens with zero attached hydrogens (tertiary/aromatic N) is 2. The number of benzene rings is 1. The van der Waals surface area contributed by atoms with E-state index in [1.54, 1.807) is 13.2 Å². The molecule has 104 valence electrons. The highest BCUT2D eigenvalue weighted by Gasteiger charge is 2.17. The summed E-state index contributed by atoms with van der Waals surface area (Å²) in [5, 5.41) is 5.78. The first kappa shape index (κ1) is 14.1. The van der Waals surface area contributed by atoms with E-state index in [-0.39, 0.29) is 5.91 Å². The summed E-state index contributed by atoms with van der Waals surface area (Å²) in [5.74, 6) is 0.881. The Hall–Kier alpha value is -2.36. The molecule has 0 spiro atoms. The van der Waals surface area contributed by atoms with Crippen LogP contribution < -0.4 is 4.74 Å². The number of amides is 1. The molecule has 2 rings (SSSR count). The molecule has 4 heteroatoms. The molecule has 1 amide bonds. The molecule has 4 nitrogen and oxygen atoms in total. The van der Waals surface area contributed by atoms with Gasteiger partial charge in [-0.1, -0.05) is 24.3 Å². The highest BCUT2D eigenvalue weighted by atomic mass is 16.5. The highest BCUT2D eigenvalue weighted by molar-refractivity contribution is 6.02. The van der Waals surface area contributed by atoms with E-state index in [1.165, 1.54) is 5.01 Å². The third-order valence-corrected chi connectivity index (χ3v) is 3.02. The van der Waals surface area contributed by atoms with Crippen molar-refractivity contribution in [3.8, 4) is 5.75 Å². The Bertz CT molecular complexity index is 544. The van der Waals surface area contributed by atoms with Crippen LogP contribution in [0.3, 0.4) is 0 Å². The van der Waals surface area contributed by atoms with Crippen molar-refractivity contribution in [3.63, 3.8) is 0 Å². The number of hydrogen-bond donors (Lipinski definition) is 0. The maximum Gasteiger partial charge on any atom is 0.243 e. The van der Waals surface area contributed by atoms with Crippen LogP contribution in [-0.2, 0) is 4.79 Å².